The Morgan fingerprint density at radius 1 is 1.32 bits per heavy atom. The van der Waals surface area contributed by atoms with Gasteiger partial charge in [0.15, 0.2) is 5.69 Å². The van der Waals surface area contributed by atoms with E-state index in [1.54, 1.807) is 33.1 Å². The Morgan fingerprint density at radius 2 is 2.04 bits per heavy atom. The summed E-state index contributed by atoms with van der Waals surface area (Å²) >= 11 is 1.35. The maximum atomic E-state index is 13.1. The summed E-state index contributed by atoms with van der Waals surface area (Å²) in [5.41, 5.74) is -0.787. The number of fused-ring (bicyclic) bond motifs is 1. The van der Waals surface area contributed by atoms with Crippen LogP contribution in [0.5, 0.6) is 0 Å². The molecule has 0 aromatic carbocycles. The average Bonchev–Trinajstić information content (AvgIpc) is 2.89. The molecule has 0 N–H and O–H groups in total. The molecule has 130 valence electrons. The molecule has 0 bridgehead atoms. The second kappa shape index (κ2) is 6.03. The molecule has 3 rings (SSSR count). The van der Waals surface area contributed by atoms with Crippen LogP contribution in [0.4, 0.5) is 4.39 Å². The first-order chi connectivity index (χ1) is 11.7. The molecule has 0 amide bonds. The molecule has 0 saturated carbocycles. The summed E-state index contributed by atoms with van der Waals surface area (Å²) in [6, 6.07) is 2.50. The van der Waals surface area contributed by atoms with Crippen molar-refractivity contribution < 1.29 is 13.9 Å². The smallest absolute Gasteiger partial charge is 0.360 e. The number of thiophene rings is 1. The van der Waals surface area contributed by atoms with E-state index in [0.29, 0.717) is 10.8 Å². The molecule has 0 unspecified atom stereocenters. The number of hydrogen-bond donors (Lipinski definition) is 0. The van der Waals surface area contributed by atoms with Gasteiger partial charge in [-0.25, -0.2) is 9.78 Å². The number of rotatable bonds is 2. The maximum absolute atomic E-state index is 13.1. The van der Waals surface area contributed by atoms with Crippen LogP contribution in [0.1, 0.15) is 36.1 Å². The number of nitrogens with zero attached hydrogens (tertiary/aromatic N) is 3. The van der Waals surface area contributed by atoms with E-state index < -0.39 is 23.1 Å². The first-order valence-electron chi connectivity index (χ1n) is 7.54. The summed E-state index contributed by atoms with van der Waals surface area (Å²) in [5, 5.41) is 6.73. The Kier molecular flexibility index (Phi) is 4.16. The number of aryl methyl sites for hydroxylation is 1. The van der Waals surface area contributed by atoms with Gasteiger partial charge < -0.3 is 4.74 Å². The van der Waals surface area contributed by atoms with Crippen molar-refractivity contribution in [3.8, 4) is 5.69 Å². The molecule has 0 saturated heterocycles. The Labute approximate surface area is 146 Å². The van der Waals surface area contributed by atoms with Crippen molar-refractivity contribution in [2.45, 2.75) is 33.3 Å². The molecule has 3 aromatic heterocycles. The minimum atomic E-state index is -0.700. The predicted octanol–water partition coefficient (Wildman–Crippen LogP) is 3.25. The maximum Gasteiger partial charge on any atom is 0.360 e. The van der Waals surface area contributed by atoms with Crippen molar-refractivity contribution in [3.05, 3.63) is 50.6 Å². The fourth-order valence-corrected chi connectivity index (χ4v) is 3.18. The molecule has 0 aliphatic carbocycles. The van der Waals surface area contributed by atoms with Crippen LogP contribution < -0.4 is 5.56 Å². The standard InChI is InChI=1S/C17H16FN3O3S/c1-9-13-11(8-25-9)14(16(23)24-17(2,3)4)20-21(15(13)22)10-5-6-12(18)19-7-10/h5-8H,1-4H3. The van der Waals surface area contributed by atoms with Gasteiger partial charge in [-0.05, 0) is 39.8 Å². The summed E-state index contributed by atoms with van der Waals surface area (Å²) in [5.74, 6) is -1.30. The van der Waals surface area contributed by atoms with Gasteiger partial charge in [-0.2, -0.15) is 14.2 Å². The quantitative estimate of drug-likeness (QED) is 0.517. The highest BCUT2D eigenvalue weighted by Crippen LogP contribution is 2.26. The Hall–Kier alpha value is -2.61. The molecule has 25 heavy (non-hydrogen) atoms. The lowest BCUT2D eigenvalue weighted by Gasteiger charge is -2.19. The number of ether oxygens (including phenoxy) is 1. The molecule has 0 atom stereocenters. The summed E-state index contributed by atoms with van der Waals surface area (Å²) in [6.07, 6.45) is 1.19. The third-order valence-electron chi connectivity index (χ3n) is 3.38. The number of hydrogen-bond acceptors (Lipinski definition) is 6. The predicted molar refractivity (Wildman–Crippen MR) is 92.9 cm³/mol. The topological polar surface area (TPSA) is 74.1 Å². The number of carbonyl (C=O) groups excluding carboxylic acids is 1. The average molecular weight is 361 g/mol. The first kappa shape index (κ1) is 17.2. The van der Waals surface area contributed by atoms with E-state index >= 15 is 0 Å². The zero-order valence-electron chi connectivity index (χ0n) is 14.2. The van der Waals surface area contributed by atoms with E-state index in [4.69, 9.17) is 4.74 Å². The SMILES string of the molecule is Cc1scc2c(C(=O)OC(C)(C)C)nn(-c3ccc(F)nc3)c(=O)c12. The molecule has 8 heteroatoms. The molecule has 6 nitrogen and oxygen atoms in total. The van der Waals surface area contributed by atoms with E-state index in [1.165, 1.54) is 23.6 Å². The van der Waals surface area contributed by atoms with Crippen LogP contribution in [0.15, 0.2) is 28.5 Å². The van der Waals surface area contributed by atoms with Crippen molar-refractivity contribution in [2.75, 3.05) is 0 Å². The Bertz CT molecular complexity index is 1020. The Morgan fingerprint density at radius 3 is 2.64 bits per heavy atom. The Balaban J connectivity index is 2.27. The summed E-state index contributed by atoms with van der Waals surface area (Å²) in [4.78, 5) is 29.7. The van der Waals surface area contributed by atoms with Crippen LogP contribution in [-0.2, 0) is 4.74 Å². The van der Waals surface area contributed by atoms with Gasteiger partial charge in [0.2, 0.25) is 5.95 Å². The second-order valence-corrected chi connectivity index (χ2v) is 7.57. The number of halogens is 1. The summed E-state index contributed by atoms with van der Waals surface area (Å²) in [7, 11) is 0. The van der Waals surface area contributed by atoms with Gasteiger partial charge in [-0.15, -0.1) is 11.3 Å². The van der Waals surface area contributed by atoms with Crippen LogP contribution >= 0.6 is 11.3 Å². The van der Waals surface area contributed by atoms with Gasteiger partial charge in [0.1, 0.15) is 5.60 Å². The molecule has 3 aromatic rings. The monoisotopic (exact) mass is 361 g/mol. The van der Waals surface area contributed by atoms with E-state index in [2.05, 4.69) is 10.1 Å². The van der Waals surface area contributed by atoms with Gasteiger partial charge in [0.25, 0.3) is 5.56 Å². The zero-order valence-corrected chi connectivity index (χ0v) is 15.0. The van der Waals surface area contributed by atoms with Gasteiger partial charge in [-0.1, -0.05) is 0 Å². The molecular weight excluding hydrogens is 345 g/mol. The van der Waals surface area contributed by atoms with Gasteiger partial charge in [-0.3, -0.25) is 4.79 Å². The molecular formula is C17H16FN3O3S. The first-order valence-corrected chi connectivity index (χ1v) is 8.42. The number of pyridine rings is 1. The van der Waals surface area contributed by atoms with Crippen LogP contribution in [0.25, 0.3) is 16.5 Å². The highest BCUT2D eigenvalue weighted by atomic mass is 32.1. The minimum absolute atomic E-state index is 0.0400. The third-order valence-corrected chi connectivity index (χ3v) is 4.30. The highest BCUT2D eigenvalue weighted by molar-refractivity contribution is 7.11. The summed E-state index contributed by atoms with van der Waals surface area (Å²) < 4.78 is 19.5. The fraction of sp³-hybridized carbons (Fsp3) is 0.294. The molecule has 0 aliphatic rings. The van der Waals surface area contributed by atoms with Gasteiger partial charge >= 0.3 is 5.97 Å². The number of aromatic nitrogens is 3. The largest absolute Gasteiger partial charge is 0.455 e. The molecule has 0 radical (unpaired) electrons. The number of carbonyl (C=O) groups is 1. The van der Waals surface area contributed by atoms with Crippen molar-refractivity contribution in [3.63, 3.8) is 0 Å². The van der Waals surface area contributed by atoms with Crippen LogP contribution in [0.3, 0.4) is 0 Å². The van der Waals surface area contributed by atoms with Gasteiger partial charge in [0, 0.05) is 15.6 Å². The highest BCUT2D eigenvalue weighted by Gasteiger charge is 2.25. The zero-order chi connectivity index (χ0) is 18.4. The molecule has 3 heterocycles. The van der Waals surface area contributed by atoms with Gasteiger partial charge in [0.05, 0.1) is 17.3 Å². The summed E-state index contributed by atoms with van der Waals surface area (Å²) in [6.45, 7) is 7.04. The fourth-order valence-electron chi connectivity index (χ4n) is 2.35. The molecule has 0 spiro atoms. The third kappa shape index (κ3) is 3.30. The normalized spacial score (nSPS) is 11.7. The van der Waals surface area contributed by atoms with E-state index in [9.17, 15) is 14.0 Å². The van der Waals surface area contributed by atoms with Crippen molar-refractivity contribution in [2.24, 2.45) is 0 Å². The lowest BCUT2D eigenvalue weighted by molar-refractivity contribution is 0.00634. The number of esters is 1. The van der Waals surface area contributed by atoms with Crippen LogP contribution in [0.2, 0.25) is 0 Å². The van der Waals surface area contributed by atoms with E-state index in [0.717, 1.165) is 15.6 Å². The lowest BCUT2D eigenvalue weighted by atomic mass is 10.1. The van der Waals surface area contributed by atoms with Crippen LogP contribution in [-0.4, -0.2) is 26.3 Å². The van der Waals surface area contributed by atoms with Crippen LogP contribution in [0, 0.1) is 12.9 Å². The van der Waals surface area contributed by atoms with Crippen molar-refractivity contribution >= 4 is 28.1 Å². The molecule has 0 fully saturated rings. The van der Waals surface area contributed by atoms with Crippen molar-refractivity contribution in [1.29, 1.82) is 0 Å². The molecule has 0 aliphatic heterocycles. The van der Waals surface area contributed by atoms with E-state index in [-0.39, 0.29) is 11.4 Å². The van der Waals surface area contributed by atoms with Crippen molar-refractivity contribution in [1.82, 2.24) is 14.8 Å². The minimum Gasteiger partial charge on any atom is -0.455 e. The second-order valence-electron chi connectivity index (χ2n) is 6.49. The lowest BCUT2D eigenvalue weighted by Crippen LogP contribution is -2.28. The van der Waals surface area contributed by atoms with E-state index in [1.807, 2.05) is 0 Å².